The average molecular weight is 446 g/mol. The van der Waals surface area contributed by atoms with Gasteiger partial charge in [-0.2, -0.15) is 0 Å². The van der Waals surface area contributed by atoms with Gasteiger partial charge in [0.2, 0.25) is 0 Å². The minimum atomic E-state index is -1.26. The van der Waals surface area contributed by atoms with E-state index in [1.807, 2.05) is 10.6 Å². The topological polar surface area (TPSA) is 13.0 Å². The fourth-order valence-corrected chi connectivity index (χ4v) is 12.4. The van der Waals surface area contributed by atoms with Crippen molar-refractivity contribution in [3.05, 3.63) is 24.3 Å². The summed E-state index contributed by atoms with van der Waals surface area (Å²) in [6.07, 6.45) is 11.5. The Morgan fingerprint density at radius 2 is 0.867 bits per heavy atom. The summed E-state index contributed by atoms with van der Waals surface area (Å²) in [5, 5.41) is 3.68. The molecule has 0 unspecified atom stereocenters. The van der Waals surface area contributed by atoms with E-state index in [1.165, 1.54) is 51.4 Å². The first-order chi connectivity index (χ1) is 14.3. The third-order valence-corrected chi connectivity index (χ3v) is 13.2. The molecule has 0 amide bonds. The number of hydrogen-bond acceptors (Lipinski definition) is 4. The lowest BCUT2D eigenvalue weighted by atomic mass is 9.91. The second-order valence-electron chi connectivity index (χ2n) is 9.20. The lowest BCUT2D eigenvalue weighted by molar-refractivity contribution is 0.233. The molecule has 30 heavy (non-hydrogen) atoms. The highest BCUT2D eigenvalue weighted by Gasteiger charge is 2.60. The van der Waals surface area contributed by atoms with Crippen molar-refractivity contribution in [2.75, 3.05) is 28.2 Å². The minimum absolute atomic E-state index is 0.176. The molecule has 4 aliphatic rings. The fourth-order valence-electron chi connectivity index (χ4n) is 6.42. The quantitative estimate of drug-likeness (QED) is 0.506. The summed E-state index contributed by atoms with van der Waals surface area (Å²) in [6, 6.07) is 13.2. The molecular formula is C22H42B2N4P2. The summed E-state index contributed by atoms with van der Waals surface area (Å²) in [5.74, 6) is 0. The van der Waals surface area contributed by atoms with Crippen molar-refractivity contribution in [2.45, 2.75) is 75.5 Å². The van der Waals surface area contributed by atoms with Crippen LogP contribution in [0.25, 0.3) is 0 Å². The van der Waals surface area contributed by atoms with E-state index in [1.54, 1.807) is 0 Å². The van der Waals surface area contributed by atoms with Gasteiger partial charge >= 0.3 is 0 Å². The molecule has 4 nitrogen and oxygen atoms in total. The smallest absolute Gasteiger partial charge is 0.170 e. The van der Waals surface area contributed by atoms with Crippen LogP contribution in [-0.2, 0) is 0 Å². The van der Waals surface area contributed by atoms with E-state index in [9.17, 15) is 0 Å². The molecule has 1 aromatic rings. The van der Waals surface area contributed by atoms with E-state index >= 15 is 0 Å². The van der Waals surface area contributed by atoms with Gasteiger partial charge in [-0.15, -0.1) is 0 Å². The predicted octanol–water partition coefficient (Wildman–Crippen LogP) is 1.57. The second-order valence-corrected chi connectivity index (χ2v) is 13.8. The van der Waals surface area contributed by atoms with Gasteiger partial charge in [-0.1, -0.05) is 37.8 Å². The molecule has 4 atom stereocenters. The Balaban J connectivity index is 1.61. The molecule has 0 radical (unpaired) electrons. The molecule has 2 aliphatic heterocycles. The molecular weight excluding hydrogens is 404 g/mol. The Labute approximate surface area is 187 Å². The van der Waals surface area contributed by atoms with Crippen LogP contribution in [0.2, 0.25) is 0 Å². The van der Waals surface area contributed by atoms with Gasteiger partial charge in [-0.3, -0.25) is 0 Å². The van der Waals surface area contributed by atoms with Crippen LogP contribution in [0.1, 0.15) is 51.4 Å². The maximum atomic E-state index is 2.98. The molecule has 2 saturated heterocycles. The number of rotatable bonds is 2. The summed E-state index contributed by atoms with van der Waals surface area (Å²) in [4.78, 5) is 0. The van der Waals surface area contributed by atoms with Crippen molar-refractivity contribution in [1.82, 2.24) is 18.7 Å². The van der Waals surface area contributed by atoms with E-state index < -0.39 is 14.9 Å². The highest BCUT2D eigenvalue weighted by atomic mass is 31.2. The Hall–Kier alpha value is 0.0499. The zero-order chi connectivity index (χ0) is 21.3. The van der Waals surface area contributed by atoms with Crippen molar-refractivity contribution in [1.29, 1.82) is 0 Å². The van der Waals surface area contributed by atoms with Crippen molar-refractivity contribution >= 4 is 40.6 Å². The molecule has 1 aromatic carbocycles. The molecule has 2 saturated carbocycles. The van der Waals surface area contributed by atoms with E-state index in [0.717, 1.165) is 24.2 Å². The van der Waals surface area contributed by atoms with Gasteiger partial charge in [-0.05, 0) is 37.8 Å². The number of benzene rings is 1. The van der Waals surface area contributed by atoms with Crippen LogP contribution in [0.15, 0.2) is 24.3 Å². The van der Waals surface area contributed by atoms with Crippen molar-refractivity contribution < 1.29 is 0 Å². The number of fused-ring (bicyclic) bond motifs is 2. The number of likely N-dealkylation sites (N-methyl/N-ethyl adjacent to an activating group) is 4. The number of nitrogens with zero attached hydrogens (tertiary/aromatic N) is 4. The summed E-state index contributed by atoms with van der Waals surface area (Å²) in [5.41, 5.74) is 0. The van der Waals surface area contributed by atoms with Gasteiger partial charge in [0.05, 0.1) is 24.2 Å². The van der Waals surface area contributed by atoms with Crippen LogP contribution in [-0.4, -0.2) is 86.2 Å². The van der Waals surface area contributed by atoms with E-state index in [2.05, 4.69) is 71.1 Å². The lowest BCUT2D eigenvalue weighted by Gasteiger charge is -2.43. The maximum absolute atomic E-state index is 2.98. The SMILES string of the molecule is [BH3-][P+]1(c2ccccc2[P+]2([BH3-])N(C)[C@@H]3CCCC[C@H]3N2C)N(C)[C@@H]2CCCC[C@H]2N1C. The highest BCUT2D eigenvalue weighted by molar-refractivity contribution is 8.04. The Morgan fingerprint density at radius 3 is 1.13 bits per heavy atom. The summed E-state index contributed by atoms with van der Waals surface area (Å²) >= 11 is 0. The fraction of sp³-hybridized carbons (Fsp3) is 0.727. The van der Waals surface area contributed by atoms with Crippen molar-refractivity contribution in [2.24, 2.45) is 0 Å². The largest absolute Gasteiger partial charge is 0.201 e. The first kappa shape index (κ1) is 21.9. The summed E-state index contributed by atoms with van der Waals surface area (Å²) in [6.45, 7) is 0. The van der Waals surface area contributed by atoms with Gasteiger partial charge < -0.3 is 0 Å². The Kier molecular flexibility index (Phi) is 5.70. The molecule has 0 N–H and O–H groups in total. The van der Waals surface area contributed by atoms with Crippen LogP contribution in [0.3, 0.4) is 0 Å². The van der Waals surface area contributed by atoms with Crippen LogP contribution in [0, 0.1) is 0 Å². The molecule has 8 heteroatoms. The van der Waals surface area contributed by atoms with Crippen LogP contribution >= 0.6 is 14.9 Å². The van der Waals surface area contributed by atoms with Gasteiger partial charge in [0.15, 0.2) is 15.1 Å². The first-order valence-corrected chi connectivity index (χ1v) is 13.7. The molecule has 4 fully saturated rings. The molecule has 2 heterocycles. The molecule has 5 rings (SSSR count). The monoisotopic (exact) mass is 446 g/mol. The lowest BCUT2D eigenvalue weighted by Crippen LogP contribution is -2.44. The van der Waals surface area contributed by atoms with Crippen LogP contribution in [0.5, 0.6) is 0 Å². The second kappa shape index (κ2) is 7.82. The molecule has 0 bridgehead atoms. The minimum Gasteiger partial charge on any atom is -0.201 e. The van der Waals surface area contributed by atoms with E-state index in [4.69, 9.17) is 0 Å². The molecule has 2 aliphatic carbocycles. The van der Waals surface area contributed by atoms with Crippen molar-refractivity contribution in [3.63, 3.8) is 0 Å². The zero-order valence-corrected chi connectivity index (χ0v) is 19.7. The highest BCUT2D eigenvalue weighted by Crippen LogP contribution is 2.71. The van der Waals surface area contributed by atoms with Crippen molar-refractivity contribution in [3.8, 4) is 0 Å². The van der Waals surface area contributed by atoms with E-state index in [-0.39, 0.29) is 15.1 Å². The number of hydrogen-bond donors (Lipinski definition) is 0. The van der Waals surface area contributed by atoms with E-state index in [0.29, 0.717) is 0 Å². The van der Waals surface area contributed by atoms with Crippen LogP contribution in [0.4, 0.5) is 0 Å². The third-order valence-electron chi connectivity index (χ3n) is 7.82. The van der Waals surface area contributed by atoms with Gasteiger partial charge in [0.1, 0.15) is 10.6 Å². The zero-order valence-electron chi connectivity index (χ0n) is 18.0. The normalized spacial score (nSPS) is 37.3. The third kappa shape index (κ3) is 2.84. The molecule has 0 spiro atoms. The molecule has 0 aromatic heterocycles. The maximum Gasteiger partial charge on any atom is 0.170 e. The molecule has 166 valence electrons. The Morgan fingerprint density at radius 1 is 0.600 bits per heavy atom. The summed E-state index contributed by atoms with van der Waals surface area (Å²) in [7, 11) is 7.95. The first-order valence-electron chi connectivity index (χ1n) is 11.2. The van der Waals surface area contributed by atoms with Crippen LogP contribution < -0.4 is 10.6 Å². The average Bonchev–Trinajstić information content (AvgIpc) is 3.11. The Bertz CT molecular complexity index is 710. The summed E-state index contributed by atoms with van der Waals surface area (Å²) < 4.78 is 11.9. The van der Waals surface area contributed by atoms with Gasteiger partial charge in [0, 0.05) is 43.1 Å². The predicted molar refractivity (Wildman–Crippen MR) is 143 cm³/mol. The van der Waals surface area contributed by atoms with Gasteiger partial charge in [0.25, 0.3) is 0 Å². The van der Waals surface area contributed by atoms with Gasteiger partial charge in [-0.25, -0.2) is 18.7 Å². The standard InChI is InChI=1S/C22H42B2N4P2/c1-25-17-11-5-6-12-18(17)26(2)29(25,23)21-15-9-10-16-22(21)30(24)27(3)19-13-7-8-14-20(19)28(30)4/h9-10,15-20H,5-8,11-14H2,1-4,23-24H3/t17-,18-,19-,20-/m1/s1.